The van der Waals surface area contributed by atoms with Crippen LogP contribution in [-0.2, 0) is 22.1 Å². The Morgan fingerprint density at radius 1 is 1.27 bits per heavy atom. The second-order valence-corrected chi connectivity index (χ2v) is 6.54. The fraction of sp³-hybridized carbons (Fsp3) is 0.300. The van der Waals surface area contributed by atoms with E-state index in [4.69, 9.17) is 4.74 Å². The van der Waals surface area contributed by atoms with Gasteiger partial charge < -0.3 is 10.1 Å². The Labute approximate surface area is 170 Å². The summed E-state index contributed by atoms with van der Waals surface area (Å²) >= 11 is 0. The Balaban J connectivity index is 1.77. The maximum Gasteiger partial charge on any atom is 0.433 e. The average Bonchev–Trinajstić information content (AvgIpc) is 3.15. The van der Waals surface area contributed by atoms with Crippen molar-refractivity contribution >= 4 is 17.6 Å². The van der Waals surface area contributed by atoms with E-state index >= 15 is 0 Å². The molecule has 158 valence electrons. The van der Waals surface area contributed by atoms with Gasteiger partial charge in [0.15, 0.2) is 0 Å². The third kappa shape index (κ3) is 5.56. The van der Waals surface area contributed by atoms with Gasteiger partial charge in [-0.3, -0.25) is 4.79 Å². The second-order valence-electron chi connectivity index (χ2n) is 6.54. The van der Waals surface area contributed by atoms with E-state index in [1.54, 1.807) is 36.1 Å². The number of aryl methyl sites for hydroxylation is 2. The topological polar surface area (TPSA) is 81.9 Å². The Bertz CT molecular complexity index is 1030. The number of hydrogen-bond acceptors (Lipinski definition) is 6. The number of nitrogens with one attached hydrogen (secondary N) is 1. The first kappa shape index (κ1) is 21.3. The van der Waals surface area contributed by atoms with Gasteiger partial charge in [-0.1, -0.05) is 0 Å². The molecule has 0 saturated carbocycles. The summed E-state index contributed by atoms with van der Waals surface area (Å²) in [6.07, 6.45) is 0.703. The average molecular weight is 419 g/mol. The summed E-state index contributed by atoms with van der Waals surface area (Å²) < 4.78 is 45.1. The van der Waals surface area contributed by atoms with Crippen LogP contribution in [0.3, 0.4) is 0 Å². The molecule has 0 bridgehead atoms. The molecule has 0 aliphatic rings. The van der Waals surface area contributed by atoms with Crippen LogP contribution in [0.15, 0.2) is 42.9 Å². The Morgan fingerprint density at radius 3 is 2.80 bits per heavy atom. The maximum absolute atomic E-state index is 12.9. The van der Waals surface area contributed by atoms with Crippen LogP contribution >= 0.6 is 0 Å². The molecule has 0 saturated heterocycles. The lowest BCUT2D eigenvalue weighted by Gasteiger charge is -2.11. The van der Waals surface area contributed by atoms with Crippen molar-refractivity contribution in [3.8, 4) is 5.69 Å². The van der Waals surface area contributed by atoms with Gasteiger partial charge in [-0.15, -0.1) is 0 Å². The maximum atomic E-state index is 12.9. The SMILES string of the molecule is CCOC(=O)CCc1cnn(-c2cc(C)cc(Nc3nccc(C(F)(F)F)n3)c2)c1. The van der Waals surface area contributed by atoms with Crippen LogP contribution in [-0.4, -0.2) is 32.3 Å². The quantitative estimate of drug-likeness (QED) is 0.577. The number of esters is 1. The zero-order chi connectivity index (χ0) is 21.7. The third-order valence-electron chi connectivity index (χ3n) is 4.09. The van der Waals surface area contributed by atoms with Gasteiger partial charge in [-0.05, 0) is 55.7 Å². The number of anilines is 2. The minimum atomic E-state index is -4.55. The van der Waals surface area contributed by atoms with E-state index in [1.165, 1.54) is 0 Å². The van der Waals surface area contributed by atoms with Crippen molar-refractivity contribution in [3.63, 3.8) is 0 Å². The van der Waals surface area contributed by atoms with Crippen LogP contribution in [0.5, 0.6) is 0 Å². The first-order valence-electron chi connectivity index (χ1n) is 9.23. The van der Waals surface area contributed by atoms with Crippen molar-refractivity contribution < 1.29 is 22.7 Å². The number of hydrogen-bond donors (Lipinski definition) is 1. The first-order chi connectivity index (χ1) is 14.2. The molecule has 1 aromatic carbocycles. The predicted octanol–water partition coefficient (Wildman–Crippen LogP) is 4.23. The Kier molecular flexibility index (Phi) is 6.34. The van der Waals surface area contributed by atoms with Gasteiger partial charge in [0.1, 0.15) is 5.69 Å². The largest absolute Gasteiger partial charge is 0.466 e. The molecule has 10 heteroatoms. The summed E-state index contributed by atoms with van der Waals surface area (Å²) in [7, 11) is 0. The van der Waals surface area contributed by atoms with Crippen molar-refractivity contribution in [1.29, 1.82) is 0 Å². The van der Waals surface area contributed by atoms with Crippen molar-refractivity contribution in [2.24, 2.45) is 0 Å². The van der Waals surface area contributed by atoms with Gasteiger partial charge in [0, 0.05) is 24.5 Å². The van der Waals surface area contributed by atoms with E-state index in [-0.39, 0.29) is 18.3 Å². The highest BCUT2D eigenvalue weighted by Crippen LogP contribution is 2.28. The molecule has 0 aliphatic heterocycles. The molecule has 0 radical (unpaired) electrons. The van der Waals surface area contributed by atoms with E-state index in [0.717, 1.165) is 23.4 Å². The van der Waals surface area contributed by atoms with Gasteiger partial charge in [-0.25, -0.2) is 14.6 Å². The molecule has 2 aromatic heterocycles. The smallest absolute Gasteiger partial charge is 0.433 e. The van der Waals surface area contributed by atoms with Gasteiger partial charge in [-0.2, -0.15) is 18.3 Å². The highest BCUT2D eigenvalue weighted by molar-refractivity contribution is 5.69. The molecule has 2 heterocycles. The lowest BCUT2D eigenvalue weighted by molar-refractivity contribution is -0.143. The fourth-order valence-electron chi connectivity index (χ4n) is 2.78. The molecule has 0 amide bonds. The number of carbonyl (C=O) groups is 1. The lowest BCUT2D eigenvalue weighted by atomic mass is 10.2. The molecule has 3 rings (SSSR count). The zero-order valence-corrected chi connectivity index (χ0v) is 16.4. The van der Waals surface area contributed by atoms with Crippen molar-refractivity contribution in [3.05, 3.63) is 59.7 Å². The summed E-state index contributed by atoms with van der Waals surface area (Å²) in [5.74, 6) is -0.426. The summed E-state index contributed by atoms with van der Waals surface area (Å²) in [5.41, 5.74) is 1.93. The molecular weight excluding hydrogens is 399 g/mol. The molecule has 0 fully saturated rings. The predicted molar refractivity (Wildman–Crippen MR) is 104 cm³/mol. The number of ether oxygens (including phenoxy) is 1. The molecule has 1 N–H and O–H groups in total. The summed E-state index contributed by atoms with van der Waals surface area (Å²) in [6.45, 7) is 3.95. The number of alkyl halides is 3. The van der Waals surface area contributed by atoms with Crippen molar-refractivity contribution in [2.45, 2.75) is 32.9 Å². The number of nitrogens with zero attached hydrogens (tertiary/aromatic N) is 4. The molecule has 0 aliphatic carbocycles. The highest BCUT2D eigenvalue weighted by Gasteiger charge is 2.32. The molecule has 0 spiro atoms. The fourth-order valence-corrected chi connectivity index (χ4v) is 2.78. The number of carbonyl (C=O) groups excluding carboxylic acids is 1. The Morgan fingerprint density at radius 2 is 2.07 bits per heavy atom. The highest BCUT2D eigenvalue weighted by atomic mass is 19.4. The summed E-state index contributed by atoms with van der Waals surface area (Å²) in [5, 5.41) is 7.11. The number of benzene rings is 1. The van der Waals surface area contributed by atoms with Crippen LogP contribution in [0.4, 0.5) is 24.8 Å². The van der Waals surface area contributed by atoms with Crippen molar-refractivity contribution in [1.82, 2.24) is 19.7 Å². The van der Waals surface area contributed by atoms with E-state index in [1.807, 2.05) is 13.0 Å². The number of halogens is 3. The molecule has 30 heavy (non-hydrogen) atoms. The third-order valence-corrected chi connectivity index (χ3v) is 4.09. The summed E-state index contributed by atoms with van der Waals surface area (Å²) in [6, 6.07) is 6.17. The number of aromatic nitrogens is 4. The van der Waals surface area contributed by atoms with Crippen LogP contribution in [0.1, 0.15) is 30.2 Å². The zero-order valence-electron chi connectivity index (χ0n) is 16.4. The van der Waals surface area contributed by atoms with Gasteiger partial charge in [0.05, 0.1) is 18.5 Å². The van der Waals surface area contributed by atoms with Crippen LogP contribution in [0.25, 0.3) is 5.69 Å². The normalized spacial score (nSPS) is 11.4. The van der Waals surface area contributed by atoms with E-state index in [9.17, 15) is 18.0 Å². The molecule has 7 nitrogen and oxygen atoms in total. The van der Waals surface area contributed by atoms with Gasteiger partial charge in [0.25, 0.3) is 0 Å². The Hall–Kier alpha value is -3.43. The molecule has 0 atom stereocenters. The minimum absolute atomic E-state index is 0.156. The monoisotopic (exact) mass is 419 g/mol. The van der Waals surface area contributed by atoms with E-state index < -0.39 is 11.9 Å². The molecule has 3 aromatic rings. The molecule has 0 unspecified atom stereocenters. The lowest BCUT2D eigenvalue weighted by Crippen LogP contribution is -2.10. The van der Waals surface area contributed by atoms with Crippen molar-refractivity contribution in [2.75, 3.05) is 11.9 Å². The van der Waals surface area contributed by atoms with E-state index in [0.29, 0.717) is 24.4 Å². The van der Waals surface area contributed by atoms with Gasteiger partial charge in [0.2, 0.25) is 5.95 Å². The minimum Gasteiger partial charge on any atom is -0.466 e. The van der Waals surface area contributed by atoms with Crippen LogP contribution < -0.4 is 5.32 Å². The summed E-state index contributed by atoms with van der Waals surface area (Å²) in [4.78, 5) is 18.9. The first-order valence-corrected chi connectivity index (χ1v) is 9.23. The number of rotatable bonds is 7. The van der Waals surface area contributed by atoms with E-state index in [2.05, 4.69) is 20.4 Å². The van der Waals surface area contributed by atoms with Crippen LogP contribution in [0, 0.1) is 6.92 Å². The second kappa shape index (κ2) is 8.93. The molecular formula is C20H20F3N5O2. The standard InChI is InChI=1S/C20H20F3N5O2/c1-3-30-18(29)5-4-14-11-25-28(12-14)16-9-13(2)8-15(10-16)26-19-24-7-6-17(27-19)20(21,22)23/h6-12H,3-5H2,1-2H3,(H,24,26,27). The van der Waals surface area contributed by atoms with Crippen LogP contribution in [0.2, 0.25) is 0 Å². The van der Waals surface area contributed by atoms with Gasteiger partial charge >= 0.3 is 12.1 Å².